The van der Waals surface area contributed by atoms with Gasteiger partial charge >= 0.3 is 0 Å². The van der Waals surface area contributed by atoms with Crippen molar-refractivity contribution in [3.63, 3.8) is 0 Å². The van der Waals surface area contributed by atoms with Crippen LogP contribution in [0, 0.1) is 0 Å². The average Bonchev–Trinajstić information content (AvgIpc) is 2.76. The average molecular weight is 394 g/mol. The Hall–Kier alpha value is -2.17. The third-order valence-electron chi connectivity index (χ3n) is 4.13. The van der Waals surface area contributed by atoms with Crippen molar-refractivity contribution in [2.45, 2.75) is 24.3 Å². The Morgan fingerprint density at radius 2 is 1.11 bits per heavy atom. The molecule has 4 N–H and O–H groups in total. The molecule has 1 aliphatic rings. The molecule has 27 heavy (non-hydrogen) atoms. The van der Waals surface area contributed by atoms with Crippen LogP contribution in [0.2, 0.25) is 0 Å². The van der Waals surface area contributed by atoms with Gasteiger partial charge in [-0.05, 0) is 24.3 Å². The van der Waals surface area contributed by atoms with Crippen LogP contribution in [-0.4, -0.2) is 56.1 Å². The van der Waals surface area contributed by atoms with E-state index in [0.717, 1.165) is 0 Å². The van der Waals surface area contributed by atoms with E-state index in [1.54, 1.807) is 48.5 Å². The summed E-state index contributed by atoms with van der Waals surface area (Å²) in [6.07, 6.45) is -2.77. The number of aliphatic hydroxyl groups is 2. The second-order valence-corrected chi connectivity index (χ2v) is 7.66. The fraction of sp³-hybridized carbons (Fsp3) is 0.333. The van der Waals surface area contributed by atoms with Crippen LogP contribution < -0.4 is 18.9 Å². The largest absolute Gasteiger partial charge is 0.492 e. The summed E-state index contributed by atoms with van der Waals surface area (Å²) in [6, 6.07) is 15.5. The van der Waals surface area contributed by atoms with Gasteiger partial charge in [0.25, 0.3) is 10.2 Å². The van der Waals surface area contributed by atoms with Crippen LogP contribution in [0.25, 0.3) is 0 Å². The number of benzene rings is 2. The number of aliphatic hydroxyl groups excluding tert-OH is 2. The van der Waals surface area contributed by atoms with Gasteiger partial charge in [0.1, 0.15) is 36.9 Å². The Kier molecular flexibility index (Phi) is 6.30. The number of para-hydroxylation sites is 2. The molecule has 0 spiro atoms. The zero-order valence-electron chi connectivity index (χ0n) is 14.4. The highest BCUT2D eigenvalue weighted by molar-refractivity contribution is 7.87. The smallest absolute Gasteiger partial charge is 0.277 e. The summed E-state index contributed by atoms with van der Waals surface area (Å²) < 4.78 is 40.1. The summed E-state index contributed by atoms with van der Waals surface area (Å²) in [6.45, 7) is -0.287. The minimum Gasteiger partial charge on any atom is -0.492 e. The van der Waals surface area contributed by atoms with E-state index in [1.165, 1.54) is 0 Å². The first kappa shape index (κ1) is 19.6. The lowest BCUT2D eigenvalue weighted by atomic mass is 10.0. The van der Waals surface area contributed by atoms with Gasteiger partial charge in [0.15, 0.2) is 0 Å². The summed E-state index contributed by atoms with van der Waals surface area (Å²) in [5.41, 5.74) is 0. The number of rotatable bonds is 6. The molecule has 0 aromatic heterocycles. The first-order valence-corrected chi connectivity index (χ1v) is 9.94. The topological polar surface area (TPSA) is 117 Å². The highest BCUT2D eigenvalue weighted by Gasteiger charge is 2.41. The summed E-state index contributed by atoms with van der Waals surface area (Å²) in [4.78, 5) is 0. The van der Waals surface area contributed by atoms with Gasteiger partial charge in [-0.1, -0.05) is 36.4 Å². The molecule has 1 saturated heterocycles. The maximum absolute atomic E-state index is 12.2. The zero-order valence-corrected chi connectivity index (χ0v) is 15.2. The van der Waals surface area contributed by atoms with Crippen molar-refractivity contribution in [1.29, 1.82) is 0 Å². The first-order chi connectivity index (χ1) is 12.9. The van der Waals surface area contributed by atoms with Gasteiger partial charge in [0.05, 0.1) is 12.1 Å². The highest BCUT2D eigenvalue weighted by atomic mass is 32.2. The molecule has 0 radical (unpaired) electrons. The Morgan fingerprint density at radius 3 is 1.48 bits per heavy atom. The minimum absolute atomic E-state index is 0.143. The van der Waals surface area contributed by atoms with E-state index < -0.39 is 34.5 Å². The van der Waals surface area contributed by atoms with Gasteiger partial charge in [0, 0.05) is 0 Å². The normalized spacial score (nSPS) is 27.5. The van der Waals surface area contributed by atoms with E-state index >= 15 is 0 Å². The van der Waals surface area contributed by atoms with Crippen molar-refractivity contribution in [3.05, 3.63) is 60.7 Å². The summed E-state index contributed by atoms with van der Waals surface area (Å²) >= 11 is 0. The highest BCUT2D eigenvalue weighted by Crippen LogP contribution is 2.16. The second kappa shape index (κ2) is 8.68. The van der Waals surface area contributed by atoms with E-state index in [9.17, 15) is 18.6 Å². The molecular formula is C18H22N2O6S. The third-order valence-corrected chi connectivity index (χ3v) is 5.36. The molecule has 2 aromatic carbocycles. The van der Waals surface area contributed by atoms with Crippen molar-refractivity contribution in [1.82, 2.24) is 9.44 Å². The Labute approximate surface area is 157 Å². The van der Waals surface area contributed by atoms with Crippen LogP contribution in [-0.2, 0) is 10.2 Å². The van der Waals surface area contributed by atoms with Gasteiger partial charge in [-0.3, -0.25) is 0 Å². The molecule has 0 amide bonds. The molecule has 0 bridgehead atoms. The Bertz CT molecular complexity index is 755. The van der Waals surface area contributed by atoms with Crippen molar-refractivity contribution in [2.75, 3.05) is 13.2 Å². The molecule has 3 rings (SSSR count). The molecule has 1 aliphatic heterocycles. The predicted molar refractivity (Wildman–Crippen MR) is 98.7 cm³/mol. The fourth-order valence-corrected chi connectivity index (χ4v) is 4.00. The van der Waals surface area contributed by atoms with Gasteiger partial charge in [0.2, 0.25) is 0 Å². The molecule has 0 saturated carbocycles. The fourth-order valence-electron chi connectivity index (χ4n) is 2.72. The molecule has 4 unspecified atom stereocenters. The third kappa shape index (κ3) is 5.41. The molecule has 8 nitrogen and oxygen atoms in total. The van der Waals surface area contributed by atoms with Crippen LogP contribution in [0.15, 0.2) is 60.7 Å². The summed E-state index contributed by atoms with van der Waals surface area (Å²) in [5, 5.41) is 20.9. The van der Waals surface area contributed by atoms with Crippen LogP contribution in [0.5, 0.6) is 11.5 Å². The van der Waals surface area contributed by atoms with E-state index in [2.05, 4.69) is 9.44 Å². The molecule has 9 heteroatoms. The van der Waals surface area contributed by atoms with Crippen LogP contribution in [0.1, 0.15) is 0 Å². The SMILES string of the molecule is O=S1(=O)NC(COc2ccccc2)C(O)C(O)C(COc2ccccc2)N1. The van der Waals surface area contributed by atoms with Gasteiger partial charge in [-0.2, -0.15) is 17.9 Å². The molecule has 1 fully saturated rings. The number of ether oxygens (including phenoxy) is 2. The second-order valence-electron chi connectivity index (χ2n) is 6.18. The minimum atomic E-state index is -3.97. The van der Waals surface area contributed by atoms with Crippen molar-refractivity contribution >= 4 is 10.2 Å². The zero-order chi connectivity index (χ0) is 19.3. The van der Waals surface area contributed by atoms with Crippen LogP contribution in [0.4, 0.5) is 0 Å². The number of hydrogen-bond donors (Lipinski definition) is 4. The first-order valence-electron chi connectivity index (χ1n) is 8.46. The van der Waals surface area contributed by atoms with Gasteiger partial charge in [-0.25, -0.2) is 0 Å². The van der Waals surface area contributed by atoms with E-state index in [4.69, 9.17) is 9.47 Å². The predicted octanol–water partition coefficient (Wildman–Crippen LogP) is 0.0410. The van der Waals surface area contributed by atoms with Crippen molar-refractivity contribution in [3.8, 4) is 11.5 Å². The van der Waals surface area contributed by atoms with Gasteiger partial charge < -0.3 is 19.7 Å². The molecular weight excluding hydrogens is 372 g/mol. The quantitative estimate of drug-likeness (QED) is 0.550. The van der Waals surface area contributed by atoms with Crippen LogP contribution in [0.3, 0.4) is 0 Å². The van der Waals surface area contributed by atoms with Gasteiger partial charge in [-0.15, -0.1) is 0 Å². The maximum atomic E-state index is 12.2. The molecule has 146 valence electrons. The number of nitrogens with one attached hydrogen (secondary N) is 2. The molecule has 0 aliphatic carbocycles. The molecule has 1 heterocycles. The van der Waals surface area contributed by atoms with Crippen molar-refractivity contribution < 1.29 is 28.1 Å². The molecule has 4 atom stereocenters. The monoisotopic (exact) mass is 394 g/mol. The number of hydrogen-bond acceptors (Lipinski definition) is 6. The maximum Gasteiger partial charge on any atom is 0.277 e. The summed E-state index contributed by atoms with van der Waals surface area (Å²) in [7, 11) is -3.97. The van der Waals surface area contributed by atoms with Crippen LogP contribution >= 0.6 is 0 Å². The Balaban J connectivity index is 1.67. The standard InChI is InChI=1S/C18H22N2O6S/c21-17-15(11-25-13-7-3-1-4-8-13)19-27(23,24)20-16(18(17)22)12-26-14-9-5-2-6-10-14/h1-10,15-22H,11-12H2. The summed E-state index contributed by atoms with van der Waals surface area (Å²) in [5.74, 6) is 1.05. The lowest BCUT2D eigenvalue weighted by Gasteiger charge is -2.26. The molecule has 2 aromatic rings. The van der Waals surface area contributed by atoms with Crippen molar-refractivity contribution in [2.24, 2.45) is 0 Å². The van der Waals surface area contributed by atoms with E-state index in [0.29, 0.717) is 11.5 Å². The van der Waals surface area contributed by atoms with E-state index in [-0.39, 0.29) is 13.2 Å². The lowest BCUT2D eigenvalue weighted by Crippen LogP contribution is -2.51. The Morgan fingerprint density at radius 1 is 0.741 bits per heavy atom. The van der Waals surface area contributed by atoms with E-state index in [1.807, 2.05) is 12.1 Å². The lowest BCUT2D eigenvalue weighted by molar-refractivity contribution is -0.0266.